The third kappa shape index (κ3) is 2.23. The zero-order valence-corrected chi connectivity index (χ0v) is 6.64. The summed E-state index contributed by atoms with van der Waals surface area (Å²) in [5, 5.41) is 10.5. The van der Waals surface area contributed by atoms with Crippen LogP contribution in [0.5, 0.6) is 0 Å². The fourth-order valence-electron chi connectivity index (χ4n) is 0.919. The van der Waals surface area contributed by atoms with E-state index in [9.17, 15) is 14.9 Å². The van der Waals surface area contributed by atoms with Gasteiger partial charge in [-0.2, -0.15) is 0 Å². The average molecular weight is 176 g/mol. The second-order valence-corrected chi connectivity index (χ2v) is 2.27. The van der Waals surface area contributed by atoms with Gasteiger partial charge in [-0.05, 0) is 18.2 Å². The largest absolute Gasteiger partial charge is 0.286 e. The molecule has 0 heterocycles. The van der Waals surface area contributed by atoms with Crippen molar-refractivity contribution in [3.8, 4) is 0 Å². The molecule has 0 atom stereocenters. The van der Waals surface area contributed by atoms with E-state index >= 15 is 0 Å². The molecule has 0 saturated carbocycles. The number of nitro groups is 1. The summed E-state index contributed by atoms with van der Waals surface area (Å²) in [5.74, 6) is 0. The van der Waals surface area contributed by atoms with E-state index in [2.05, 4.69) is 0 Å². The van der Waals surface area contributed by atoms with Crippen LogP contribution in [-0.2, 0) is 4.79 Å². The summed E-state index contributed by atoms with van der Waals surface area (Å²) in [6.07, 6.45) is 3.98. The van der Waals surface area contributed by atoms with E-state index < -0.39 is 4.92 Å². The molecule has 0 aliphatic heterocycles. The Balaban J connectivity index is 3.11. The maximum Gasteiger partial charge on any atom is 0.276 e. The number of hydrogen-bond acceptors (Lipinski definition) is 3. The number of benzene rings is 1. The molecular formula is C9H6NO3. The lowest BCUT2D eigenvalue weighted by Gasteiger charge is -1.94. The highest BCUT2D eigenvalue weighted by molar-refractivity contribution is 5.76. The minimum absolute atomic E-state index is 0.0194. The van der Waals surface area contributed by atoms with E-state index in [1.54, 1.807) is 18.2 Å². The van der Waals surface area contributed by atoms with Gasteiger partial charge in [0.15, 0.2) is 0 Å². The van der Waals surface area contributed by atoms with Crippen molar-refractivity contribution in [1.29, 1.82) is 0 Å². The highest BCUT2D eigenvalue weighted by Crippen LogP contribution is 2.18. The van der Waals surface area contributed by atoms with Crippen molar-refractivity contribution in [2.45, 2.75) is 0 Å². The average Bonchev–Trinajstić information content (AvgIpc) is 2.15. The Bertz CT molecular complexity index is 358. The van der Waals surface area contributed by atoms with Crippen LogP contribution in [0, 0.1) is 10.1 Å². The van der Waals surface area contributed by atoms with Gasteiger partial charge in [-0.3, -0.25) is 14.9 Å². The molecule has 0 amide bonds. The quantitative estimate of drug-likeness (QED) is 0.400. The summed E-state index contributed by atoms with van der Waals surface area (Å²) >= 11 is 0. The molecule has 0 aromatic heterocycles. The van der Waals surface area contributed by atoms with Gasteiger partial charge in [0, 0.05) is 6.07 Å². The Morgan fingerprint density at radius 3 is 2.69 bits per heavy atom. The van der Waals surface area contributed by atoms with Gasteiger partial charge in [0.1, 0.15) is 0 Å². The highest BCUT2D eigenvalue weighted by atomic mass is 16.6. The number of hydrogen-bond donors (Lipinski definition) is 0. The normalized spacial score (nSPS) is 10.2. The van der Waals surface area contributed by atoms with Crippen molar-refractivity contribution in [3.05, 3.63) is 46.0 Å². The van der Waals surface area contributed by atoms with Crippen molar-refractivity contribution in [2.24, 2.45) is 0 Å². The van der Waals surface area contributed by atoms with Crippen molar-refractivity contribution >= 4 is 18.0 Å². The fraction of sp³-hybridized carbons (Fsp3) is 0. The molecule has 1 aromatic rings. The smallest absolute Gasteiger partial charge is 0.276 e. The molecule has 4 heteroatoms. The van der Waals surface area contributed by atoms with E-state index in [1.165, 1.54) is 18.4 Å². The summed E-state index contributed by atoms with van der Waals surface area (Å²) in [6, 6.07) is 6.17. The maximum atomic E-state index is 10.5. The molecule has 0 aliphatic rings. The summed E-state index contributed by atoms with van der Waals surface area (Å²) in [4.78, 5) is 19.8. The number of allylic oxidation sites excluding steroid dienone is 1. The van der Waals surface area contributed by atoms with Crippen LogP contribution in [-0.4, -0.2) is 11.2 Å². The first-order chi connectivity index (χ1) is 6.25. The minimum atomic E-state index is -0.496. The van der Waals surface area contributed by atoms with Crippen LogP contribution in [0.2, 0.25) is 0 Å². The number of rotatable bonds is 3. The van der Waals surface area contributed by atoms with E-state index in [1.807, 2.05) is 0 Å². The topological polar surface area (TPSA) is 60.2 Å². The molecule has 0 saturated heterocycles. The predicted octanol–water partition coefficient (Wildman–Crippen LogP) is 1.72. The van der Waals surface area contributed by atoms with Gasteiger partial charge < -0.3 is 0 Å². The Morgan fingerprint density at radius 2 is 2.08 bits per heavy atom. The van der Waals surface area contributed by atoms with Gasteiger partial charge in [0.2, 0.25) is 6.29 Å². The van der Waals surface area contributed by atoms with Crippen LogP contribution in [0.25, 0.3) is 6.08 Å². The zero-order chi connectivity index (χ0) is 9.68. The fourth-order valence-corrected chi connectivity index (χ4v) is 0.919. The van der Waals surface area contributed by atoms with Crippen LogP contribution in [0.1, 0.15) is 5.56 Å². The van der Waals surface area contributed by atoms with Gasteiger partial charge in [-0.1, -0.05) is 12.1 Å². The standard InChI is InChI=1S/C9H6NO3/c11-7-3-5-8-4-1-2-6-9(8)10(12)13/h1-6H/b5-3+. The van der Waals surface area contributed by atoms with Gasteiger partial charge in [0.25, 0.3) is 5.69 Å². The van der Waals surface area contributed by atoms with E-state index in [-0.39, 0.29) is 5.69 Å². The first-order valence-electron chi connectivity index (χ1n) is 3.53. The van der Waals surface area contributed by atoms with E-state index in [0.717, 1.165) is 6.08 Å². The number of para-hydroxylation sites is 1. The molecule has 4 nitrogen and oxygen atoms in total. The van der Waals surface area contributed by atoms with E-state index in [4.69, 9.17) is 0 Å². The third-order valence-corrected chi connectivity index (χ3v) is 1.46. The number of nitro benzene ring substituents is 1. The summed E-state index contributed by atoms with van der Waals surface area (Å²) in [5.41, 5.74) is 0.379. The lowest BCUT2D eigenvalue weighted by molar-refractivity contribution is -0.385. The van der Waals surface area contributed by atoms with Crippen molar-refractivity contribution < 1.29 is 9.72 Å². The Labute approximate surface area is 74.7 Å². The molecule has 0 N–H and O–H groups in total. The molecule has 0 aliphatic carbocycles. The molecule has 0 unspecified atom stereocenters. The lowest BCUT2D eigenvalue weighted by Crippen LogP contribution is -1.90. The van der Waals surface area contributed by atoms with Crippen molar-refractivity contribution in [3.63, 3.8) is 0 Å². The molecule has 0 fully saturated rings. The minimum Gasteiger partial charge on any atom is -0.286 e. The van der Waals surface area contributed by atoms with Crippen LogP contribution < -0.4 is 0 Å². The van der Waals surface area contributed by atoms with Gasteiger partial charge >= 0.3 is 0 Å². The third-order valence-electron chi connectivity index (χ3n) is 1.46. The van der Waals surface area contributed by atoms with Crippen LogP contribution >= 0.6 is 0 Å². The number of nitrogens with zero attached hydrogens (tertiary/aromatic N) is 1. The predicted molar refractivity (Wildman–Crippen MR) is 47.8 cm³/mol. The molecular weight excluding hydrogens is 170 g/mol. The molecule has 0 spiro atoms. The maximum absolute atomic E-state index is 10.5. The first-order valence-corrected chi connectivity index (χ1v) is 3.53. The SMILES string of the molecule is O=[C]/C=C/c1ccccc1[N+](=O)[O-]. The number of carbonyl (C=O) groups excluding carboxylic acids is 1. The lowest BCUT2D eigenvalue weighted by atomic mass is 10.2. The van der Waals surface area contributed by atoms with Crippen molar-refractivity contribution in [2.75, 3.05) is 0 Å². The van der Waals surface area contributed by atoms with Crippen LogP contribution in [0.4, 0.5) is 5.69 Å². The van der Waals surface area contributed by atoms with Gasteiger partial charge in [0.05, 0.1) is 10.5 Å². The van der Waals surface area contributed by atoms with E-state index in [0.29, 0.717) is 5.56 Å². The summed E-state index contributed by atoms with van der Waals surface area (Å²) in [7, 11) is 0. The first kappa shape index (κ1) is 9.12. The highest BCUT2D eigenvalue weighted by Gasteiger charge is 2.08. The van der Waals surface area contributed by atoms with Crippen LogP contribution in [0.3, 0.4) is 0 Å². The Morgan fingerprint density at radius 1 is 1.38 bits per heavy atom. The Kier molecular flexibility index (Phi) is 2.92. The summed E-state index contributed by atoms with van der Waals surface area (Å²) in [6.45, 7) is 0. The molecule has 1 rings (SSSR count). The molecule has 0 bridgehead atoms. The molecule has 13 heavy (non-hydrogen) atoms. The van der Waals surface area contributed by atoms with Crippen molar-refractivity contribution in [1.82, 2.24) is 0 Å². The molecule has 1 radical (unpaired) electrons. The zero-order valence-electron chi connectivity index (χ0n) is 6.64. The van der Waals surface area contributed by atoms with Crippen LogP contribution in [0.15, 0.2) is 30.3 Å². The Hall–Kier alpha value is -1.97. The summed E-state index contributed by atoms with van der Waals surface area (Å²) < 4.78 is 0. The second kappa shape index (κ2) is 4.15. The molecule has 1 aromatic carbocycles. The monoisotopic (exact) mass is 176 g/mol. The second-order valence-electron chi connectivity index (χ2n) is 2.27. The van der Waals surface area contributed by atoms with Gasteiger partial charge in [-0.25, -0.2) is 0 Å². The molecule has 65 valence electrons. The van der Waals surface area contributed by atoms with Gasteiger partial charge in [-0.15, -0.1) is 0 Å².